The number of hydrogen-bond acceptors (Lipinski definition) is 4. The van der Waals surface area contributed by atoms with Crippen molar-refractivity contribution in [2.24, 2.45) is 5.10 Å². The van der Waals surface area contributed by atoms with Crippen molar-refractivity contribution >= 4 is 32.2 Å². The van der Waals surface area contributed by atoms with Crippen LogP contribution in [-0.4, -0.2) is 24.1 Å². The Morgan fingerprint density at radius 2 is 2.00 bits per heavy atom. The summed E-state index contributed by atoms with van der Waals surface area (Å²) in [5.41, 5.74) is 3.89. The first-order chi connectivity index (χ1) is 13.1. The molecule has 5 nitrogen and oxygen atoms in total. The van der Waals surface area contributed by atoms with Gasteiger partial charge in [-0.15, -0.1) is 0 Å². The van der Waals surface area contributed by atoms with Crippen LogP contribution in [0, 0.1) is 0 Å². The Morgan fingerprint density at radius 3 is 2.70 bits per heavy atom. The second kappa shape index (κ2) is 8.73. The molecule has 136 valence electrons. The van der Waals surface area contributed by atoms with Crippen molar-refractivity contribution in [3.8, 4) is 11.5 Å². The van der Waals surface area contributed by atoms with E-state index in [4.69, 9.17) is 4.74 Å². The quantitative estimate of drug-likeness (QED) is 0.367. The van der Waals surface area contributed by atoms with E-state index in [1.165, 1.54) is 0 Å². The molecule has 1 N–H and O–H groups in total. The van der Waals surface area contributed by atoms with E-state index in [1.807, 2.05) is 59.2 Å². The van der Waals surface area contributed by atoms with Gasteiger partial charge >= 0.3 is 164 Å². The molecule has 7 heteroatoms. The van der Waals surface area contributed by atoms with Crippen LogP contribution >= 0.6 is 12.6 Å². The number of hydrogen-bond donors (Lipinski definition) is 2. The molecule has 0 fully saturated rings. The average molecular weight is 377 g/mol. The molecule has 0 bridgehead atoms. The van der Waals surface area contributed by atoms with Crippen molar-refractivity contribution in [3.05, 3.63) is 71.8 Å². The SMILES string of the molecule is C=NNC(=O)c1cbc(S)n1C(CC)c1cccc(Oc2ccccc2)c1. The summed E-state index contributed by atoms with van der Waals surface area (Å²) in [4.78, 5) is 13.0. The van der Waals surface area contributed by atoms with E-state index < -0.39 is 0 Å². The van der Waals surface area contributed by atoms with Crippen molar-refractivity contribution in [2.45, 2.75) is 24.3 Å². The number of ether oxygens (including phenoxy) is 1. The Kier molecular flexibility index (Phi) is 6.14. The van der Waals surface area contributed by atoms with Crippen molar-refractivity contribution < 1.29 is 9.53 Å². The van der Waals surface area contributed by atoms with Gasteiger partial charge in [-0.05, 0) is 0 Å². The number of hydrazone groups is 1. The number of aromatic nitrogens is 1. The molecule has 0 aliphatic carbocycles. The van der Waals surface area contributed by atoms with Gasteiger partial charge in [0, 0.05) is 0 Å². The Hall–Kier alpha value is -2.80. The summed E-state index contributed by atoms with van der Waals surface area (Å²) in [6, 6.07) is 17.4. The summed E-state index contributed by atoms with van der Waals surface area (Å²) in [5, 5.41) is 3.47. The third-order valence-corrected chi connectivity index (χ3v) is 4.59. The number of amides is 1. The second-order valence-electron chi connectivity index (χ2n) is 5.96. The fourth-order valence-corrected chi connectivity index (χ4v) is 3.38. The molecule has 1 heterocycles. The summed E-state index contributed by atoms with van der Waals surface area (Å²) in [7, 11) is 0. The summed E-state index contributed by atoms with van der Waals surface area (Å²) >= 11 is 4.54. The maximum absolute atomic E-state index is 12.3. The molecule has 0 aliphatic rings. The Bertz CT molecular complexity index is 943. The number of benzene rings is 2. The molecular formula is C20H20BN3O2S. The first kappa shape index (κ1) is 19.0. The van der Waals surface area contributed by atoms with Crippen molar-refractivity contribution in [2.75, 3.05) is 0 Å². The van der Waals surface area contributed by atoms with E-state index in [9.17, 15) is 4.79 Å². The third kappa shape index (κ3) is 4.31. The van der Waals surface area contributed by atoms with Gasteiger partial charge < -0.3 is 0 Å². The zero-order chi connectivity index (χ0) is 19.2. The number of nitrogens with one attached hydrogen (secondary N) is 1. The summed E-state index contributed by atoms with van der Waals surface area (Å²) in [6.07, 6.45) is 0.777. The van der Waals surface area contributed by atoms with Crippen LogP contribution in [0.5, 0.6) is 11.5 Å². The summed E-state index contributed by atoms with van der Waals surface area (Å²) < 4.78 is 7.84. The van der Waals surface area contributed by atoms with E-state index in [-0.39, 0.29) is 11.9 Å². The summed E-state index contributed by atoms with van der Waals surface area (Å²) in [6.45, 7) is 7.18. The molecule has 1 aromatic heterocycles. The standard InChI is InChI=1S/C20H20BN3O2S/c1-3-17(24-18(13-21-20(24)27)19(25)23-22-2)14-8-7-11-16(12-14)26-15-9-5-4-6-10-15/h4-13,17,27H,2-3H2,1H3,(H,23,25). The molecule has 0 saturated heterocycles. The van der Waals surface area contributed by atoms with Crippen molar-refractivity contribution in [3.63, 3.8) is 0 Å². The van der Waals surface area contributed by atoms with E-state index in [0.717, 1.165) is 23.5 Å². The van der Waals surface area contributed by atoms with Crippen LogP contribution in [0.4, 0.5) is 0 Å². The number of thiol groups is 1. The fourth-order valence-electron chi connectivity index (χ4n) is 3.06. The predicted molar refractivity (Wildman–Crippen MR) is 111 cm³/mol. The average Bonchev–Trinajstić information content (AvgIpc) is 3.05. The first-order valence-corrected chi connectivity index (χ1v) is 9.08. The number of rotatable bonds is 7. The van der Waals surface area contributed by atoms with Gasteiger partial charge in [-0.25, -0.2) is 0 Å². The minimum atomic E-state index is -0.319. The topological polar surface area (TPSA) is 55.6 Å². The van der Waals surface area contributed by atoms with Gasteiger partial charge in [0.1, 0.15) is 0 Å². The molecule has 0 radical (unpaired) electrons. The van der Waals surface area contributed by atoms with Gasteiger partial charge in [-0.2, -0.15) is 0 Å². The summed E-state index contributed by atoms with van der Waals surface area (Å²) in [5.74, 6) is 2.93. The van der Waals surface area contributed by atoms with E-state index in [2.05, 4.69) is 36.8 Å². The molecule has 27 heavy (non-hydrogen) atoms. The van der Waals surface area contributed by atoms with Crippen molar-refractivity contribution in [1.29, 1.82) is 0 Å². The van der Waals surface area contributed by atoms with Gasteiger partial charge in [-0.1, -0.05) is 0 Å². The molecule has 1 atom stereocenters. The Morgan fingerprint density at radius 1 is 1.26 bits per heavy atom. The molecule has 0 saturated carbocycles. The van der Waals surface area contributed by atoms with Crippen LogP contribution in [0.2, 0.25) is 0 Å². The maximum atomic E-state index is 12.3. The van der Waals surface area contributed by atoms with E-state index in [1.54, 1.807) is 12.9 Å². The molecule has 1 unspecified atom stereocenters. The fraction of sp³-hybridized carbons (Fsp3) is 0.150. The molecule has 3 aromatic rings. The normalized spacial score (nSPS) is 11.5. The van der Waals surface area contributed by atoms with Gasteiger partial charge in [-0.3, -0.25) is 0 Å². The molecule has 2 aromatic carbocycles. The van der Waals surface area contributed by atoms with Gasteiger partial charge in [0.2, 0.25) is 0 Å². The Balaban J connectivity index is 1.95. The minimum absolute atomic E-state index is 0.0719. The van der Waals surface area contributed by atoms with Crippen LogP contribution < -0.4 is 10.2 Å². The van der Waals surface area contributed by atoms with Crippen LogP contribution in [0.25, 0.3) is 0 Å². The molecule has 0 aliphatic heterocycles. The van der Waals surface area contributed by atoms with Crippen LogP contribution in [0.3, 0.4) is 0 Å². The van der Waals surface area contributed by atoms with Crippen molar-refractivity contribution in [1.82, 2.24) is 9.99 Å². The van der Waals surface area contributed by atoms with Crippen LogP contribution in [0.15, 0.2) is 70.6 Å². The van der Waals surface area contributed by atoms with E-state index in [0.29, 0.717) is 10.6 Å². The van der Waals surface area contributed by atoms with Crippen LogP contribution in [0.1, 0.15) is 35.4 Å². The number of carbonyl (C=O) groups is 1. The number of carbonyl (C=O) groups excluding carboxylic acids is 1. The van der Waals surface area contributed by atoms with Crippen LogP contribution in [-0.2, 0) is 0 Å². The van der Waals surface area contributed by atoms with Gasteiger partial charge in [0.25, 0.3) is 0 Å². The zero-order valence-corrected chi connectivity index (χ0v) is 15.9. The molecule has 1 amide bonds. The number of para-hydroxylation sites is 1. The monoisotopic (exact) mass is 377 g/mol. The number of nitrogens with zero attached hydrogens (tertiary/aromatic N) is 2. The second-order valence-corrected chi connectivity index (χ2v) is 6.42. The first-order valence-electron chi connectivity index (χ1n) is 8.63. The third-order valence-electron chi connectivity index (χ3n) is 4.23. The molecule has 3 rings (SSSR count). The van der Waals surface area contributed by atoms with Gasteiger partial charge in [0.05, 0.1) is 0 Å². The molecule has 0 spiro atoms. The van der Waals surface area contributed by atoms with Gasteiger partial charge in [0.15, 0.2) is 0 Å². The Labute approximate surface area is 164 Å². The van der Waals surface area contributed by atoms with E-state index >= 15 is 0 Å². The zero-order valence-electron chi connectivity index (χ0n) is 15.0. The molecular weight excluding hydrogens is 357 g/mol. The predicted octanol–water partition coefficient (Wildman–Crippen LogP) is 4.25.